The van der Waals surface area contributed by atoms with Crippen LogP contribution >= 0.6 is 0 Å². The molecule has 2 heterocycles. The lowest BCUT2D eigenvalue weighted by atomic mass is 9.95. The number of fused-ring (bicyclic) bond motifs is 1. The molecule has 39 heavy (non-hydrogen) atoms. The zero-order valence-corrected chi connectivity index (χ0v) is 20.7. The van der Waals surface area contributed by atoms with Gasteiger partial charge in [0, 0.05) is 29.4 Å². The molecule has 3 aromatic carbocycles. The van der Waals surface area contributed by atoms with Crippen molar-refractivity contribution in [2.75, 3.05) is 7.11 Å². The summed E-state index contributed by atoms with van der Waals surface area (Å²) in [5.41, 5.74) is 11.0. The first-order valence-corrected chi connectivity index (χ1v) is 11.9. The summed E-state index contributed by atoms with van der Waals surface area (Å²) in [7, 11) is 1.55. The van der Waals surface area contributed by atoms with Crippen molar-refractivity contribution in [3.63, 3.8) is 0 Å². The number of nitrogens with zero attached hydrogens (tertiary/aromatic N) is 2. The maximum atomic E-state index is 13.1. The van der Waals surface area contributed by atoms with Crippen molar-refractivity contribution in [3.8, 4) is 45.1 Å². The van der Waals surface area contributed by atoms with E-state index in [0.717, 1.165) is 16.7 Å². The SMILES string of the molecule is COc1ccc(-c2cnc(OC(=O)C(F)(F)F)c3cc(-c4ccccc4)c(-c4ccc(CN)cc4)nc23)cc1. The van der Waals surface area contributed by atoms with E-state index in [-0.39, 0.29) is 5.39 Å². The maximum Gasteiger partial charge on any atom is 0.491 e. The Hall–Kier alpha value is -4.76. The fourth-order valence-corrected chi connectivity index (χ4v) is 4.20. The highest BCUT2D eigenvalue weighted by atomic mass is 19.4. The Morgan fingerprint density at radius 3 is 2.13 bits per heavy atom. The average molecular weight is 530 g/mol. The molecule has 0 amide bonds. The number of methoxy groups -OCH3 is 1. The molecule has 5 rings (SSSR count). The van der Waals surface area contributed by atoms with Gasteiger partial charge in [-0.05, 0) is 34.9 Å². The molecule has 2 N–H and O–H groups in total. The summed E-state index contributed by atoms with van der Waals surface area (Å²) in [6, 6.07) is 25.6. The highest BCUT2D eigenvalue weighted by Crippen LogP contribution is 2.40. The van der Waals surface area contributed by atoms with Crippen LogP contribution in [0.1, 0.15) is 5.56 Å². The van der Waals surface area contributed by atoms with Crippen LogP contribution in [0.3, 0.4) is 0 Å². The molecule has 0 aliphatic carbocycles. The summed E-state index contributed by atoms with van der Waals surface area (Å²) in [5.74, 6) is -2.22. The minimum absolute atomic E-state index is 0.155. The minimum atomic E-state index is -5.19. The fraction of sp³-hybridized carbons (Fsp3) is 0.100. The molecule has 0 spiro atoms. The van der Waals surface area contributed by atoms with E-state index < -0.39 is 18.0 Å². The number of hydrogen-bond donors (Lipinski definition) is 1. The Balaban J connectivity index is 1.81. The number of aromatic nitrogens is 2. The summed E-state index contributed by atoms with van der Waals surface area (Å²) in [6.07, 6.45) is -3.84. The van der Waals surface area contributed by atoms with Crippen molar-refractivity contribution in [3.05, 3.63) is 96.7 Å². The zero-order valence-electron chi connectivity index (χ0n) is 20.7. The highest BCUT2D eigenvalue weighted by molar-refractivity contribution is 6.01. The molecule has 0 saturated carbocycles. The lowest BCUT2D eigenvalue weighted by Crippen LogP contribution is -2.28. The Bertz CT molecular complexity index is 1640. The Morgan fingerprint density at radius 1 is 0.872 bits per heavy atom. The Kier molecular flexibility index (Phi) is 7.00. The molecule has 0 atom stereocenters. The van der Waals surface area contributed by atoms with Gasteiger partial charge < -0.3 is 15.2 Å². The minimum Gasteiger partial charge on any atom is -0.497 e. The molecule has 0 bridgehead atoms. The number of halogens is 3. The van der Waals surface area contributed by atoms with Crippen LogP contribution in [-0.2, 0) is 11.3 Å². The molecule has 9 heteroatoms. The van der Waals surface area contributed by atoms with E-state index in [9.17, 15) is 18.0 Å². The molecule has 0 saturated heterocycles. The lowest BCUT2D eigenvalue weighted by Gasteiger charge is -2.16. The van der Waals surface area contributed by atoms with Crippen molar-refractivity contribution in [2.24, 2.45) is 5.73 Å². The second kappa shape index (κ2) is 10.5. The van der Waals surface area contributed by atoms with Gasteiger partial charge >= 0.3 is 12.1 Å². The highest BCUT2D eigenvalue weighted by Gasteiger charge is 2.42. The van der Waals surface area contributed by atoms with Gasteiger partial charge in [-0.15, -0.1) is 0 Å². The first kappa shape index (κ1) is 25.9. The number of ether oxygens (including phenoxy) is 2. The summed E-state index contributed by atoms with van der Waals surface area (Å²) < 4.78 is 49.3. The molecule has 0 aliphatic heterocycles. The fourth-order valence-electron chi connectivity index (χ4n) is 4.20. The monoisotopic (exact) mass is 529 g/mol. The number of alkyl halides is 3. The number of carbonyl (C=O) groups excluding carboxylic acids is 1. The molecule has 0 aliphatic rings. The molecule has 0 radical (unpaired) electrons. The van der Waals surface area contributed by atoms with Gasteiger partial charge in [0.2, 0.25) is 5.88 Å². The molecule has 6 nitrogen and oxygen atoms in total. The van der Waals surface area contributed by atoms with E-state index in [1.165, 1.54) is 6.20 Å². The van der Waals surface area contributed by atoms with Gasteiger partial charge in [-0.1, -0.05) is 66.7 Å². The lowest BCUT2D eigenvalue weighted by molar-refractivity contribution is -0.189. The van der Waals surface area contributed by atoms with E-state index in [1.807, 2.05) is 54.6 Å². The van der Waals surface area contributed by atoms with Crippen molar-refractivity contribution >= 4 is 16.9 Å². The third-order valence-electron chi connectivity index (χ3n) is 6.19. The van der Waals surface area contributed by atoms with Gasteiger partial charge in [0.25, 0.3) is 0 Å². The maximum absolute atomic E-state index is 13.1. The van der Waals surface area contributed by atoms with E-state index in [4.69, 9.17) is 20.2 Å². The van der Waals surface area contributed by atoms with Gasteiger partial charge in [0.05, 0.1) is 23.7 Å². The van der Waals surface area contributed by atoms with Crippen LogP contribution in [0.5, 0.6) is 11.6 Å². The Labute approximate surface area is 221 Å². The third-order valence-corrected chi connectivity index (χ3v) is 6.19. The van der Waals surface area contributed by atoms with Gasteiger partial charge in [0.15, 0.2) is 0 Å². The van der Waals surface area contributed by atoms with Gasteiger partial charge in [0.1, 0.15) is 5.75 Å². The molecule has 0 fully saturated rings. The summed E-state index contributed by atoms with van der Waals surface area (Å²) in [5, 5.41) is 0.155. The number of nitrogens with two attached hydrogens (primary N) is 1. The van der Waals surface area contributed by atoms with Crippen molar-refractivity contribution in [1.29, 1.82) is 0 Å². The van der Waals surface area contributed by atoms with E-state index in [2.05, 4.69) is 4.98 Å². The standard InChI is InChI=1S/C30H22F3N3O3/c1-38-22-13-11-20(12-14-22)25-17-35-28(39-29(37)30(31,32)33)24-15-23(19-5-3-2-4-6-19)26(36-27(24)25)21-9-7-18(16-34)8-10-21/h2-15,17H,16,34H2,1H3. The van der Waals surface area contributed by atoms with Crippen LogP contribution < -0.4 is 15.2 Å². The van der Waals surface area contributed by atoms with E-state index >= 15 is 0 Å². The van der Waals surface area contributed by atoms with Crippen LogP contribution in [0.4, 0.5) is 13.2 Å². The molecule has 0 unspecified atom stereocenters. The normalized spacial score (nSPS) is 11.4. The second-order valence-corrected chi connectivity index (χ2v) is 8.64. The number of esters is 1. The van der Waals surface area contributed by atoms with Gasteiger partial charge in [-0.2, -0.15) is 13.2 Å². The van der Waals surface area contributed by atoms with Crippen LogP contribution in [0.25, 0.3) is 44.4 Å². The largest absolute Gasteiger partial charge is 0.497 e. The van der Waals surface area contributed by atoms with Crippen LogP contribution in [0.2, 0.25) is 0 Å². The van der Waals surface area contributed by atoms with E-state index in [1.54, 1.807) is 37.4 Å². The predicted octanol–water partition coefficient (Wildman–Crippen LogP) is 6.57. The third kappa shape index (κ3) is 5.30. The van der Waals surface area contributed by atoms with Crippen molar-refractivity contribution in [1.82, 2.24) is 9.97 Å². The number of pyridine rings is 2. The van der Waals surface area contributed by atoms with Gasteiger partial charge in [-0.25, -0.2) is 14.8 Å². The van der Waals surface area contributed by atoms with Crippen molar-refractivity contribution in [2.45, 2.75) is 12.7 Å². The predicted molar refractivity (Wildman–Crippen MR) is 142 cm³/mol. The molecule has 2 aromatic heterocycles. The average Bonchev–Trinajstić information content (AvgIpc) is 2.96. The number of carbonyl (C=O) groups is 1. The summed E-state index contributed by atoms with van der Waals surface area (Å²) >= 11 is 0. The molecule has 5 aromatic rings. The summed E-state index contributed by atoms with van der Waals surface area (Å²) in [6.45, 7) is 0.373. The topological polar surface area (TPSA) is 87.3 Å². The summed E-state index contributed by atoms with van der Waals surface area (Å²) in [4.78, 5) is 20.8. The molecule has 196 valence electrons. The van der Waals surface area contributed by atoms with Crippen LogP contribution in [0.15, 0.2) is 91.1 Å². The van der Waals surface area contributed by atoms with Crippen molar-refractivity contribution < 1.29 is 27.4 Å². The van der Waals surface area contributed by atoms with Crippen LogP contribution in [0, 0.1) is 0 Å². The molecular formula is C30H22F3N3O3. The Morgan fingerprint density at radius 2 is 1.51 bits per heavy atom. The number of hydrogen-bond acceptors (Lipinski definition) is 6. The second-order valence-electron chi connectivity index (χ2n) is 8.64. The van der Waals surface area contributed by atoms with Gasteiger partial charge in [-0.3, -0.25) is 0 Å². The van der Waals surface area contributed by atoms with E-state index in [0.29, 0.717) is 40.2 Å². The molecular weight excluding hydrogens is 507 g/mol. The first-order valence-electron chi connectivity index (χ1n) is 11.9. The quantitative estimate of drug-likeness (QED) is 0.251. The smallest absolute Gasteiger partial charge is 0.491 e. The van der Waals surface area contributed by atoms with Crippen LogP contribution in [-0.4, -0.2) is 29.2 Å². The zero-order chi connectivity index (χ0) is 27.6. The number of benzene rings is 3. The number of rotatable bonds is 6. The first-order chi connectivity index (χ1) is 18.8.